The fourth-order valence-electron chi connectivity index (χ4n) is 4.36. The van der Waals surface area contributed by atoms with Gasteiger partial charge in [-0.05, 0) is 71.3 Å². The highest BCUT2D eigenvalue weighted by atomic mass is 32.1. The lowest BCUT2D eigenvalue weighted by Gasteiger charge is -2.19. The molecule has 30 heavy (non-hydrogen) atoms. The highest BCUT2D eigenvalue weighted by molar-refractivity contribution is 7.16. The van der Waals surface area contributed by atoms with Gasteiger partial charge >= 0.3 is 0 Å². The summed E-state index contributed by atoms with van der Waals surface area (Å²) in [5, 5.41) is 19.0. The zero-order valence-electron chi connectivity index (χ0n) is 18.8. The van der Waals surface area contributed by atoms with E-state index in [1.54, 1.807) is 13.8 Å². The van der Waals surface area contributed by atoms with Gasteiger partial charge < -0.3 is 5.11 Å². The van der Waals surface area contributed by atoms with E-state index in [0.717, 1.165) is 66.9 Å². The van der Waals surface area contributed by atoms with Crippen LogP contribution in [0, 0.1) is 17.7 Å². The third-order valence-electron chi connectivity index (χ3n) is 5.98. The molecule has 164 valence electrons. The van der Waals surface area contributed by atoms with E-state index in [1.165, 1.54) is 16.9 Å². The van der Waals surface area contributed by atoms with E-state index >= 15 is 0 Å². The highest BCUT2D eigenvalue weighted by Gasteiger charge is 2.26. The summed E-state index contributed by atoms with van der Waals surface area (Å²) in [6.07, 6.45) is 11.6. The van der Waals surface area contributed by atoms with Crippen LogP contribution >= 0.6 is 11.3 Å². The molecular formula is C23H34N4O2S. The molecule has 2 atom stereocenters. The van der Waals surface area contributed by atoms with Crippen LogP contribution in [-0.4, -0.2) is 25.7 Å². The number of aliphatic hydroxyl groups is 1. The van der Waals surface area contributed by atoms with Crippen molar-refractivity contribution in [3.8, 4) is 0 Å². The Morgan fingerprint density at radius 1 is 1.33 bits per heavy atom. The monoisotopic (exact) mass is 430 g/mol. The average Bonchev–Trinajstić information content (AvgIpc) is 3.12. The summed E-state index contributed by atoms with van der Waals surface area (Å²) in [5.41, 5.74) is 3.52. The Morgan fingerprint density at radius 2 is 2.10 bits per heavy atom. The second-order valence-corrected chi connectivity index (χ2v) is 9.84. The van der Waals surface area contributed by atoms with Gasteiger partial charge in [0.1, 0.15) is 10.6 Å². The quantitative estimate of drug-likeness (QED) is 0.323. The predicted octanol–water partition coefficient (Wildman–Crippen LogP) is 6.17. The van der Waals surface area contributed by atoms with E-state index in [9.17, 15) is 10.0 Å². The first-order valence-electron chi connectivity index (χ1n) is 11.1. The molecule has 0 bridgehead atoms. The number of imidazole rings is 1. The van der Waals surface area contributed by atoms with Crippen LogP contribution in [0.1, 0.15) is 89.0 Å². The number of hydrogen-bond acceptors (Lipinski definition) is 6. The van der Waals surface area contributed by atoms with Crippen LogP contribution in [0.2, 0.25) is 0 Å². The molecule has 7 heteroatoms. The van der Waals surface area contributed by atoms with E-state index < -0.39 is 5.60 Å². The Labute approximate surface area is 183 Å². The molecule has 0 saturated heterocycles. The molecule has 6 nitrogen and oxygen atoms in total. The number of allylic oxidation sites excluding steroid dienone is 4. The minimum absolute atomic E-state index is 0.0222. The number of nitroso groups, excluding NO2 is 1. The normalized spacial score (nSPS) is 21.8. The van der Waals surface area contributed by atoms with Crippen molar-refractivity contribution in [1.82, 2.24) is 14.6 Å². The average molecular weight is 431 g/mol. The molecule has 0 spiro atoms. The fraction of sp³-hybridized carbons (Fsp3) is 0.652. The first kappa shape index (κ1) is 22.8. The minimum atomic E-state index is -0.987. The summed E-state index contributed by atoms with van der Waals surface area (Å²) in [6.45, 7) is 9.79. The second kappa shape index (κ2) is 9.52. The van der Waals surface area contributed by atoms with E-state index in [-0.39, 0.29) is 6.04 Å². The van der Waals surface area contributed by atoms with Gasteiger partial charge in [0.15, 0.2) is 0 Å². The molecule has 0 aromatic carbocycles. The van der Waals surface area contributed by atoms with E-state index in [2.05, 4.69) is 36.3 Å². The molecule has 1 fully saturated rings. The number of aryl methyl sites for hydroxylation is 1. The zero-order chi connectivity index (χ0) is 21.9. The minimum Gasteiger partial charge on any atom is -0.383 e. The molecule has 2 aromatic rings. The van der Waals surface area contributed by atoms with Gasteiger partial charge in [-0.3, -0.25) is 0 Å². The Bertz CT molecular complexity index is 948. The van der Waals surface area contributed by atoms with Crippen LogP contribution in [0.4, 0.5) is 0 Å². The van der Waals surface area contributed by atoms with Crippen LogP contribution < -0.4 is 0 Å². The molecule has 2 heterocycles. The van der Waals surface area contributed by atoms with Crippen molar-refractivity contribution in [2.24, 2.45) is 11.1 Å². The van der Waals surface area contributed by atoms with E-state index in [1.807, 2.05) is 11.4 Å². The maximum atomic E-state index is 11.0. The van der Waals surface area contributed by atoms with Gasteiger partial charge in [-0.1, -0.05) is 54.0 Å². The van der Waals surface area contributed by atoms with Gasteiger partial charge in [0.05, 0.1) is 17.4 Å². The van der Waals surface area contributed by atoms with Crippen LogP contribution in [0.5, 0.6) is 0 Å². The molecule has 1 N–H and O–H groups in total. The first-order valence-corrected chi connectivity index (χ1v) is 11.9. The maximum Gasteiger partial charge on any atom is 0.213 e. The lowest BCUT2D eigenvalue weighted by molar-refractivity contribution is 0.0772. The van der Waals surface area contributed by atoms with Crippen molar-refractivity contribution >= 4 is 21.9 Å². The number of aromatic nitrogens is 3. The van der Waals surface area contributed by atoms with Gasteiger partial charge in [-0.25, -0.2) is 9.50 Å². The van der Waals surface area contributed by atoms with Gasteiger partial charge in [0.2, 0.25) is 4.96 Å². The summed E-state index contributed by atoms with van der Waals surface area (Å²) in [5.74, 6) is 0.498. The summed E-state index contributed by atoms with van der Waals surface area (Å²) < 4.78 is 1.88. The standard InChI is InChI=1S/C23H34N4O2S/c1-6-9-18(17-10-8-11-19(26-29)13-12-17)14-16(7-2)20-15(3)24-22-27(20)25-21(30-22)23(4,5)28/h7,14,17,19,28H,6,8-13H2,1-5H3/b16-7+,18-14+. The molecular weight excluding hydrogens is 396 g/mol. The number of fused-ring (bicyclic) bond motifs is 1. The third kappa shape index (κ3) is 4.89. The topological polar surface area (TPSA) is 79.8 Å². The smallest absolute Gasteiger partial charge is 0.213 e. The van der Waals surface area contributed by atoms with Crippen molar-refractivity contribution in [3.05, 3.63) is 39.0 Å². The molecule has 2 unspecified atom stereocenters. The Morgan fingerprint density at radius 3 is 2.73 bits per heavy atom. The van der Waals surface area contributed by atoms with Gasteiger partial charge in [0.25, 0.3) is 0 Å². The lowest BCUT2D eigenvalue weighted by Crippen LogP contribution is -2.15. The van der Waals surface area contributed by atoms with Crippen LogP contribution in [0.15, 0.2) is 22.9 Å². The molecule has 3 rings (SSSR count). The summed E-state index contributed by atoms with van der Waals surface area (Å²) in [4.78, 5) is 16.5. The Balaban J connectivity index is 1.99. The van der Waals surface area contributed by atoms with Crippen molar-refractivity contribution in [3.63, 3.8) is 0 Å². The molecule has 0 amide bonds. The van der Waals surface area contributed by atoms with Gasteiger partial charge in [0, 0.05) is 0 Å². The number of hydrogen-bond donors (Lipinski definition) is 1. The Kier molecular flexibility index (Phi) is 7.24. The van der Waals surface area contributed by atoms with Crippen molar-refractivity contribution in [2.45, 2.75) is 91.2 Å². The van der Waals surface area contributed by atoms with Gasteiger partial charge in [-0.15, -0.1) is 0 Å². The summed E-state index contributed by atoms with van der Waals surface area (Å²) >= 11 is 1.43. The van der Waals surface area contributed by atoms with Crippen molar-refractivity contribution < 1.29 is 5.11 Å². The molecule has 2 aromatic heterocycles. The zero-order valence-corrected chi connectivity index (χ0v) is 19.6. The molecule has 1 aliphatic rings. The summed E-state index contributed by atoms with van der Waals surface area (Å²) in [7, 11) is 0. The SMILES string of the molecule is C/C=C(\C=C(/CCC)C1CCCC(N=O)CC1)c1c(C)nc2sc(C(C)(C)O)nn12. The number of nitrogens with zero attached hydrogens (tertiary/aromatic N) is 4. The molecule has 0 radical (unpaired) electrons. The molecule has 1 aliphatic carbocycles. The van der Waals surface area contributed by atoms with E-state index in [4.69, 9.17) is 4.98 Å². The lowest BCUT2D eigenvalue weighted by atomic mass is 9.87. The van der Waals surface area contributed by atoms with Crippen LogP contribution in [0.3, 0.4) is 0 Å². The second-order valence-electron chi connectivity index (χ2n) is 8.88. The molecule has 1 saturated carbocycles. The van der Waals surface area contributed by atoms with E-state index in [0.29, 0.717) is 10.9 Å². The largest absolute Gasteiger partial charge is 0.383 e. The maximum absolute atomic E-state index is 11.0. The first-order chi connectivity index (χ1) is 14.3. The van der Waals surface area contributed by atoms with Crippen LogP contribution in [0.25, 0.3) is 10.5 Å². The number of rotatable bonds is 7. The van der Waals surface area contributed by atoms with Crippen LogP contribution in [-0.2, 0) is 5.60 Å². The van der Waals surface area contributed by atoms with Crippen molar-refractivity contribution in [2.75, 3.05) is 0 Å². The van der Waals surface area contributed by atoms with Gasteiger partial charge in [-0.2, -0.15) is 10.0 Å². The summed E-state index contributed by atoms with van der Waals surface area (Å²) in [6, 6.07) is -0.0222. The third-order valence-corrected chi connectivity index (χ3v) is 7.20. The fourth-order valence-corrected chi connectivity index (χ4v) is 5.30. The molecule has 0 aliphatic heterocycles. The highest BCUT2D eigenvalue weighted by Crippen LogP contribution is 2.35. The predicted molar refractivity (Wildman–Crippen MR) is 124 cm³/mol. The Hall–Kier alpha value is -1.86. The van der Waals surface area contributed by atoms with Crippen molar-refractivity contribution in [1.29, 1.82) is 0 Å².